The number of anilines is 1. The maximum absolute atomic E-state index is 12.8. The second kappa shape index (κ2) is 7.46. The van der Waals surface area contributed by atoms with Crippen LogP contribution in [0.3, 0.4) is 0 Å². The van der Waals surface area contributed by atoms with Crippen LogP contribution in [-0.2, 0) is 4.79 Å². The van der Waals surface area contributed by atoms with E-state index >= 15 is 0 Å². The Bertz CT molecular complexity index is 973. The van der Waals surface area contributed by atoms with Gasteiger partial charge in [-0.25, -0.2) is 0 Å². The lowest BCUT2D eigenvalue weighted by Crippen LogP contribution is -2.52. The molecule has 4 rings (SSSR count). The standard InChI is InChI=1S/C20H24N6O2/c1-14-10-15(2)12-17(11-14)28-16(3)20(27)25-8-6-24(7-9-25)19-5-4-18-22-21-13-26(18)23-19/h4-5,10-13,16H,6-9H2,1-3H3. The molecule has 1 aromatic carbocycles. The number of hydrogen-bond donors (Lipinski definition) is 0. The number of aromatic nitrogens is 4. The van der Waals surface area contributed by atoms with E-state index in [1.807, 2.05) is 49.9 Å². The van der Waals surface area contributed by atoms with Crippen molar-refractivity contribution < 1.29 is 9.53 Å². The van der Waals surface area contributed by atoms with E-state index in [-0.39, 0.29) is 5.91 Å². The fraction of sp³-hybridized carbons (Fsp3) is 0.400. The second-order valence-corrected chi connectivity index (χ2v) is 7.22. The number of carbonyl (C=O) groups is 1. The molecule has 1 aliphatic heterocycles. The molecule has 0 spiro atoms. The molecule has 1 saturated heterocycles. The highest BCUT2D eigenvalue weighted by Crippen LogP contribution is 2.19. The molecule has 0 radical (unpaired) electrons. The summed E-state index contributed by atoms with van der Waals surface area (Å²) in [5.74, 6) is 1.61. The van der Waals surface area contributed by atoms with Gasteiger partial charge in [0.05, 0.1) is 0 Å². The zero-order chi connectivity index (χ0) is 19.7. The maximum Gasteiger partial charge on any atom is 0.263 e. The van der Waals surface area contributed by atoms with Crippen LogP contribution in [-0.4, -0.2) is 62.9 Å². The van der Waals surface area contributed by atoms with Gasteiger partial charge in [0.1, 0.15) is 17.9 Å². The average Bonchev–Trinajstić information content (AvgIpc) is 3.14. The minimum absolute atomic E-state index is 0.0148. The fourth-order valence-electron chi connectivity index (χ4n) is 3.56. The Labute approximate surface area is 163 Å². The SMILES string of the molecule is Cc1cc(C)cc(OC(C)C(=O)N2CCN(c3ccc4nncn4n3)CC2)c1. The predicted octanol–water partition coefficient (Wildman–Crippen LogP) is 1.86. The number of aryl methyl sites for hydroxylation is 2. The lowest BCUT2D eigenvalue weighted by molar-refractivity contribution is -0.138. The van der Waals surface area contributed by atoms with Crippen molar-refractivity contribution in [2.75, 3.05) is 31.1 Å². The third-order valence-electron chi connectivity index (χ3n) is 4.92. The van der Waals surface area contributed by atoms with Crippen LogP contribution >= 0.6 is 0 Å². The fourth-order valence-corrected chi connectivity index (χ4v) is 3.56. The summed E-state index contributed by atoms with van der Waals surface area (Å²) in [5.41, 5.74) is 2.97. The van der Waals surface area contributed by atoms with Crippen LogP contribution in [0.1, 0.15) is 18.1 Å². The van der Waals surface area contributed by atoms with Gasteiger partial charge in [0.2, 0.25) is 0 Å². The summed E-state index contributed by atoms with van der Waals surface area (Å²) in [5, 5.41) is 12.3. The monoisotopic (exact) mass is 380 g/mol. The summed E-state index contributed by atoms with van der Waals surface area (Å²) in [6, 6.07) is 9.84. The highest BCUT2D eigenvalue weighted by Gasteiger charge is 2.26. The van der Waals surface area contributed by atoms with E-state index in [2.05, 4.69) is 26.3 Å². The maximum atomic E-state index is 12.8. The molecule has 3 aromatic rings. The zero-order valence-corrected chi connectivity index (χ0v) is 16.4. The Balaban J connectivity index is 1.36. The van der Waals surface area contributed by atoms with Gasteiger partial charge in [-0.15, -0.1) is 15.3 Å². The molecular formula is C20H24N6O2. The summed E-state index contributed by atoms with van der Waals surface area (Å²) >= 11 is 0. The number of nitrogens with zero attached hydrogens (tertiary/aromatic N) is 6. The highest BCUT2D eigenvalue weighted by molar-refractivity contribution is 5.81. The van der Waals surface area contributed by atoms with Crippen molar-refractivity contribution in [2.45, 2.75) is 26.9 Å². The Kier molecular flexibility index (Phi) is 4.85. The molecule has 8 nitrogen and oxygen atoms in total. The second-order valence-electron chi connectivity index (χ2n) is 7.22. The summed E-state index contributed by atoms with van der Waals surface area (Å²) in [6.45, 7) is 8.59. The topological polar surface area (TPSA) is 75.9 Å². The number of benzene rings is 1. The summed E-state index contributed by atoms with van der Waals surface area (Å²) in [7, 11) is 0. The number of piperazine rings is 1. The van der Waals surface area contributed by atoms with E-state index in [1.54, 1.807) is 10.8 Å². The van der Waals surface area contributed by atoms with Crippen LogP contribution in [0.4, 0.5) is 5.82 Å². The first-order valence-electron chi connectivity index (χ1n) is 9.45. The minimum atomic E-state index is -0.515. The number of hydrogen-bond acceptors (Lipinski definition) is 6. The van der Waals surface area contributed by atoms with Crippen molar-refractivity contribution in [3.63, 3.8) is 0 Å². The van der Waals surface area contributed by atoms with Crippen LogP contribution in [0.15, 0.2) is 36.7 Å². The third-order valence-corrected chi connectivity index (χ3v) is 4.92. The van der Waals surface area contributed by atoms with Crippen molar-refractivity contribution in [3.05, 3.63) is 47.8 Å². The van der Waals surface area contributed by atoms with Crippen LogP contribution in [0, 0.1) is 13.8 Å². The van der Waals surface area contributed by atoms with Gasteiger partial charge in [-0.2, -0.15) is 4.52 Å². The van der Waals surface area contributed by atoms with Gasteiger partial charge < -0.3 is 14.5 Å². The molecule has 1 unspecified atom stereocenters. The van der Waals surface area contributed by atoms with Gasteiger partial charge in [0.25, 0.3) is 5.91 Å². The largest absolute Gasteiger partial charge is 0.481 e. The smallest absolute Gasteiger partial charge is 0.263 e. The van der Waals surface area contributed by atoms with E-state index in [0.717, 1.165) is 41.4 Å². The summed E-state index contributed by atoms with van der Waals surface area (Å²) in [6.07, 6.45) is 1.07. The molecule has 0 saturated carbocycles. The molecule has 1 fully saturated rings. The van der Waals surface area contributed by atoms with Gasteiger partial charge in [-0.05, 0) is 56.2 Å². The van der Waals surface area contributed by atoms with Crippen LogP contribution in [0.2, 0.25) is 0 Å². The molecule has 1 atom stereocenters. The molecule has 1 aliphatic rings. The lowest BCUT2D eigenvalue weighted by atomic mass is 10.1. The molecule has 0 N–H and O–H groups in total. The van der Waals surface area contributed by atoms with Crippen molar-refractivity contribution in [2.24, 2.45) is 0 Å². The Morgan fingerprint density at radius 1 is 1.07 bits per heavy atom. The normalized spacial score (nSPS) is 15.7. The molecule has 3 heterocycles. The molecular weight excluding hydrogens is 356 g/mol. The molecule has 28 heavy (non-hydrogen) atoms. The quantitative estimate of drug-likeness (QED) is 0.688. The van der Waals surface area contributed by atoms with Crippen LogP contribution in [0.5, 0.6) is 5.75 Å². The molecule has 2 aromatic heterocycles. The van der Waals surface area contributed by atoms with Gasteiger partial charge in [0.15, 0.2) is 11.8 Å². The molecule has 0 bridgehead atoms. The van der Waals surface area contributed by atoms with E-state index in [0.29, 0.717) is 13.1 Å². The van der Waals surface area contributed by atoms with E-state index in [1.165, 1.54) is 0 Å². The number of ether oxygens (including phenoxy) is 1. The lowest BCUT2D eigenvalue weighted by Gasteiger charge is -2.36. The predicted molar refractivity (Wildman–Crippen MR) is 106 cm³/mol. The molecule has 8 heteroatoms. The van der Waals surface area contributed by atoms with E-state index in [4.69, 9.17) is 4.74 Å². The molecule has 1 amide bonds. The first-order valence-corrected chi connectivity index (χ1v) is 9.45. The first-order chi connectivity index (χ1) is 13.5. The van der Waals surface area contributed by atoms with E-state index < -0.39 is 6.10 Å². The van der Waals surface area contributed by atoms with E-state index in [9.17, 15) is 4.79 Å². The van der Waals surface area contributed by atoms with Gasteiger partial charge in [-0.3, -0.25) is 4.79 Å². The molecule has 0 aliphatic carbocycles. The Hall–Kier alpha value is -3.16. The number of fused-ring (bicyclic) bond motifs is 1. The van der Waals surface area contributed by atoms with Gasteiger partial charge in [-0.1, -0.05) is 6.07 Å². The summed E-state index contributed by atoms with van der Waals surface area (Å²) in [4.78, 5) is 16.8. The first kappa shape index (κ1) is 18.2. The molecule has 146 valence electrons. The van der Waals surface area contributed by atoms with Gasteiger partial charge in [0, 0.05) is 26.2 Å². The van der Waals surface area contributed by atoms with Crippen molar-refractivity contribution >= 4 is 17.4 Å². The van der Waals surface area contributed by atoms with Crippen molar-refractivity contribution in [1.29, 1.82) is 0 Å². The number of carbonyl (C=O) groups excluding carboxylic acids is 1. The zero-order valence-electron chi connectivity index (χ0n) is 16.4. The van der Waals surface area contributed by atoms with Crippen LogP contribution in [0.25, 0.3) is 5.65 Å². The van der Waals surface area contributed by atoms with Crippen molar-refractivity contribution in [1.82, 2.24) is 24.7 Å². The Morgan fingerprint density at radius 3 is 2.50 bits per heavy atom. The summed E-state index contributed by atoms with van der Waals surface area (Å²) < 4.78 is 7.57. The third kappa shape index (κ3) is 3.76. The average molecular weight is 380 g/mol. The Morgan fingerprint density at radius 2 is 1.79 bits per heavy atom. The van der Waals surface area contributed by atoms with Gasteiger partial charge >= 0.3 is 0 Å². The van der Waals surface area contributed by atoms with Crippen molar-refractivity contribution in [3.8, 4) is 5.75 Å². The number of rotatable bonds is 4. The van der Waals surface area contributed by atoms with Crippen LogP contribution < -0.4 is 9.64 Å². The highest BCUT2D eigenvalue weighted by atomic mass is 16.5. The minimum Gasteiger partial charge on any atom is -0.481 e. The number of amides is 1.